The Hall–Kier alpha value is -8.02. The van der Waals surface area contributed by atoms with Crippen molar-refractivity contribution < 1.29 is 57.9 Å². The quantitative estimate of drug-likeness (QED) is 0.0226. The Kier molecular flexibility index (Phi) is 18.2. The summed E-state index contributed by atoms with van der Waals surface area (Å²) in [6, 6.07) is 44.5. The average molecular weight is 1090 g/mol. The van der Waals surface area contributed by atoms with E-state index in [4.69, 9.17) is 43.2 Å². The number of fused-ring (bicyclic) bond motifs is 3. The van der Waals surface area contributed by atoms with Gasteiger partial charge in [-0.3, -0.25) is 15.0 Å². The largest absolute Gasteiger partial charge is 0.459 e. The lowest BCUT2D eigenvalue weighted by Gasteiger charge is -2.59. The molecule has 6 aromatic rings. The van der Waals surface area contributed by atoms with Crippen LogP contribution < -0.4 is 18.9 Å². The Morgan fingerprint density at radius 3 is 2.20 bits per heavy atom. The number of carbonyl (C=O) groups is 1. The number of non-ortho nitro benzene ring substituents is 1. The van der Waals surface area contributed by atoms with E-state index in [0.29, 0.717) is 59.5 Å². The zero-order valence-corrected chi connectivity index (χ0v) is 44.6. The maximum atomic E-state index is 15.3. The number of carbonyl (C=O) groups excluding carboxylic acids is 1. The second-order valence-electron chi connectivity index (χ2n) is 20.4. The fourth-order valence-corrected chi connectivity index (χ4v) is 11.7. The van der Waals surface area contributed by atoms with E-state index in [2.05, 4.69) is 30.9 Å². The number of nitrogens with zero attached hydrogens (tertiary/aromatic N) is 3. The maximum Gasteiger partial charge on any atom is 0.410 e. The summed E-state index contributed by atoms with van der Waals surface area (Å²) in [5.74, 6) is 0.182. The van der Waals surface area contributed by atoms with Gasteiger partial charge < -0.3 is 48.2 Å². The number of benzene rings is 6. The molecule has 0 spiro atoms. The van der Waals surface area contributed by atoms with Gasteiger partial charge in [0, 0.05) is 49.8 Å². The molecule has 80 heavy (non-hydrogen) atoms. The van der Waals surface area contributed by atoms with Crippen LogP contribution in [-0.2, 0) is 38.8 Å². The number of rotatable bonds is 26. The molecule has 2 aliphatic heterocycles. The van der Waals surface area contributed by atoms with Gasteiger partial charge in [-0.15, -0.1) is 6.58 Å². The number of ether oxygens (including phenoxy) is 7. The Balaban J connectivity index is 1.10. The van der Waals surface area contributed by atoms with Gasteiger partial charge in [0.2, 0.25) is 12.6 Å². The smallest absolute Gasteiger partial charge is 0.410 e. The minimum absolute atomic E-state index is 0.00630. The lowest BCUT2D eigenvalue weighted by molar-refractivity contribution is -0.384. The topological polar surface area (TPSA) is 190 Å². The summed E-state index contributed by atoms with van der Waals surface area (Å²) in [5, 5.41) is 36.8. The van der Waals surface area contributed by atoms with Crippen molar-refractivity contribution in [1.29, 1.82) is 0 Å². The number of nitro benzene ring substituents is 1. The van der Waals surface area contributed by atoms with Crippen molar-refractivity contribution in [3.05, 3.63) is 202 Å². The van der Waals surface area contributed by atoms with E-state index in [1.165, 1.54) is 12.1 Å². The molecule has 2 aliphatic carbocycles. The highest BCUT2D eigenvalue weighted by atomic mass is 16.7. The molecule has 16 nitrogen and oxygen atoms in total. The molecule has 16 heteroatoms. The van der Waals surface area contributed by atoms with Crippen molar-refractivity contribution in [1.82, 2.24) is 4.90 Å². The average Bonchev–Trinajstić information content (AvgIpc) is 4.11. The number of aliphatic hydroxyl groups is 2. The molecule has 0 saturated heterocycles. The molecule has 2 heterocycles. The molecule has 6 aromatic carbocycles. The van der Waals surface area contributed by atoms with Gasteiger partial charge in [0.15, 0.2) is 11.5 Å². The van der Waals surface area contributed by atoms with Crippen LogP contribution in [0.1, 0.15) is 73.1 Å². The van der Waals surface area contributed by atoms with Crippen molar-refractivity contribution >= 4 is 17.5 Å². The van der Waals surface area contributed by atoms with Crippen LogP contribution in [0.4, 0.5) is 10.5 Å². The maximum absolute atomic E-state index is 15.3. The number of unbranched alkanes of at least 4 members (excludes halogenated alkanes) is 2. The molecule has 0 aromatic heterocycles. The summed E-state index contributed by atoms with van der Waals surface area (Å²) in [7, 11) is 0. The van der Waals surface area contributed by atoms with Crippen LogP contribution in [-0.4, -0.2) is 83.5 Å². The zero-order valence-electron chi connectivity index (χ0n) is 44.6. The van der Waals surface area contributed by atoms with Crippen LogP contribution in [0.15, 0.2) is 175 Å². The lowest BCUT2D eigenvalue weighted by Crippen LogP contribution is -2.70. The summed E-state index contributed by atoms with van der Waals surface area (Å²) >= 11 is 0. The van der Waals surface area contributed by atoms with Crippen molar-refractivity contribution in [2.24, 2.45) is 22.9 Å². The van der Waals surface area contributed by atoms with E-state index in [9.17, 15) is 20.3 Å². The van der Waals surface area contributed by atoms with Crippen LogP contribution in [0, 0.1) is 27.9 Å². The molecule has 416 valence electrons. The summed E-state index contributed by atoms with van der Waals surface area (Å²) < 4.78 is 45.2. The van der Waals surface area contributed by atoms with Gasteiger partial charge >= 0.3 is 6.09 Å². The van der Waals surface area contributed by atoms with E-state index >= 15 is 4.79 Å². The van der Waals surface area contributed by atoms with Crippen LogP contribution in [0.25, 0.3) is 11.1 Å². The molecule has 1 fully saturated rings. The van der Waals surface area contributed by atoms with Crippen molar-refractivity contribution in [2.75, 3.05) is 39.8 Å². The molecule has 0 unspecified atom stereocenters. The number of hydrogen-bond acceptors (Lipinski definition) is 14. The molecule has 10 rings (SSSR count). The number of hydrogen-bond donors (Lipinski definition) is 2. The number of nitro groups is 1. The first-order chi connectivity index (χ1) is 39.2. The number of allylic oxidation sites excluding steroid dienone is 1. The molecular formula is C64H67N3O13. The molecule has 1 saturated carbocycles. The van der Waals surface area contributed by atoms with E-state index < -0.39 is 28.8 Å². The van der Waals surface area contributed by atoms with Gasteiger partial charge in [0.05, 0.1) is 36.4 Å². The van der Waals surface area contributed by atoms with Crippen molar-refractivity contribution in [3.8, 4) is 39.9 Å². The van der Waals surface area contributed by atoms with Crippen LogP contribution in [0.5, 0.6) is 28.7 Å². The Morgan fingerprint density at radius 1 is 0.762 bits per heavy atom. The van der Waals surface area contributed by atoms with Gasteiger partial charge in [-0.2, -0.15) is 0 Å². The fourth-order valence-electron chi connectivity index (χ4n) is 11.7. The predicted octanol–water partition coefficient (Wildman–Crippen LogP) is 12.5. The van der Waals surface area contributed by atoms with E-state index in [1.54, 1.807) is 23.1 Å². The highest BCUT2D eigenvalue weighted by molar-refractivity contribution is 6.03. The molecular weight excluding hydrogens is 1020 g/mol. The monoisotopic (exact) mass is 1090 g/mol. The normalized spacial score (nSPS) is 20.9. The standard InChI is InChI=1S/C64H67N3O13/c1-2-33-77-64-60(66(40-46-21-29-58-59(36-46)76-43-75-58)63(70)74-35-34-73-41-44-13-5-3-6-14-44)39-56(65-78-42-45-19-24-50(25-20-45)67(71)72)54-37-49(17-9-11-31-68)53(18-10-12-32-69)61(62(54)64)55-38-52(28-30-57(55)80-64)79-51-26-22-48(23-27-51)47-15-7-4-8-16-47/h2-8,13-16,19-30,36-38,49,53,60-62,68-69H,1,9-12,17-18,31-35,39-43H2/t49-,53+,60-,61+,62+,64+/m0/s1. The zero-order chi connectivity index (χ0) is 55.3. The predicted molar refractivity (Wildman–Crippen MR) is 300 cm³/mol. The number of oxime groups is 1. The van der Waals surface area contributed by atoms with E-state index in [1.807, 2.05) is 103 Å². The highest BCUT2D eigenvalue weighted by Crippen LogP contribution is 2.62. The van der Waals surface area contributed by atoms with Crippen LogP contribution in [0.3, 0.4) is 0 Å². The summed E-state index contributed by atoms with van der Waals surface area (Å²) in [5.41, 5.74) is 6.73. The molecule has 0 radical (unpaired) electrons. The second kappa shape index (κ2) is 26.3. The number of amides is 1. The van der Waals surface area contributed by atoms with Crippen molar-refractivity contribution in [2.45, 2.75) is 82.5 Å². The van der Waals surface area contributed by atoms with Crippen LogP contribution in [0.2, 0.25) is 0 Å². The van der Waals surface area contributed by atoms with Gasteiger partial charge in [-0.05, 0) is 126 Å². The Bertz CT molecular complexity index is 3120. The first kappa shape index (κ1) is 55.3. The first-order valence-corrected chi connectivity index (χ1v) is 27.5. The Labute approximate surface area is 465 Å². The third-order valence-corrected chi connectivity index (χ3v) is 15.4. The molecule has 2 N–H and O–H groups in total. The third kappa shape index (κ3) is 12.7. The van der Waals surface area contributed by atoms with E-state index in [-0.39, 0.29) is 82.8 Å². The number of aliphatic hydroxyl groups excluding tert-OH is 2. The first-order valence-electron chi connectivity index (χ1n) is 27.5. The van der Waals surface area contributed by atoms with Gasteiger partial charge in [0.1, 0.15) is 36.5 Å². The van der Waals surface area contributed by atoms with Gasteiger partial charge in [-0.1, -0.05) is 109 Å². The summed E-state index contributed by atoms with van der Waals surface area (Å²) in [6.45, 7) is 4.69. The minimum Gasteiger partial charge on any atom is -0.459 e. The molecule has 1 amide bonds. The van der Waals surface area contributed by atoms with Gasteiger partial charge in [-0.25, -0.2) is 4.79 Å². The second-order valence-corrected chi connectivity index (χ2v) is 20.4. The lowest BCUT2D eigenvalue weighted by atomic mass is 9.55. The van der Waals surface area contributed by atoms with Crippen LogP contribution >= 0.6 is 0 Å². The SMILES string of the molecule is C=CCO[C@@]12Oc3ccc(Oc4ccc(-c5ccccc5)cc4)cc3[C@H]3[C@H](CCCCO)[C@@H](CCCCO)C=C(C(=NOCc4ccc([N+](=O)[O-])cc4)C[C@@H]1N(Cc1ccc4c(c1)OCO4)C(=O)OCCOCc1ccccc1)[C@H]32. The summed E-state index contributed by atoms with van der Waals surface area (Å²) in [6.07, 6.45) is 7.50. The van der Waals surface area contributed by atoms with E-state index in [0.717, 1.165) is 59.1 Å². The third-order valence-electron chi connectivity index (χ3n) is 15.4. The fraction of sp³-hybridized carbons (Fsp3) is 0.344. The molecule has 6 atom stereocenters. The minimum atomic E-state index is -1.62. The summed E-state index contributed by atoms with van der Waals surface area (Å²) in [4.78, 5) is 34.3. The highest BCUT2D eigenvalue weighted by Gasteiger charge is 2.66. The Morgan fingerprint density at radius 2 is 1.45 bits per heavy atom. The molecule has 4 aliphatic rings. The van der Waals surface area contributed by atoms with Gasteiger partial charge in [0.25, 0.3) is 5.69 Å². The molecule has 0 bridgehead atoms. The van der Waals surface area contributed by atoms with Crippen molar-refractivity contribution in [3.63, 3.8) is 0 Å².